The molecule has 1 aromatic heterocycles. The molecule has 0 radical (unpaired) electrons. The van der Waals surface area contributed by atoms with Crippen molar-refractivity contribution < 1.29 is 4.79 Å². The maximum absolute atomic E-state index is 11.7. The van der Waals surface area contributed by atoms with E-state index in [1.807, 2.05) is 31.2 Å². The van der Waals surface area contributed by atoms with Gasteiger partial charge in [-0.2, -0.15) is 0 Å². The molecule has 0 saturated heterocycles. The van der Waals surface area contributed by atoms with E-state index in [9.17, 15) is 4.79 Å². The van der Waals surface area contributed by atoms with Gasteiger partial charge >= 0.3 is 0 Å². The quantitative estimate of drug-likeness (QED) is 0.770. The van der Waals surface area contributed by atoms with Crippen molar-refractivity contribution in [1.82, 2.24) is 20.5 Å². The summed E-state index contributed by atoms with van der Waals surface area (Å²) in [5, 5.41) is 10.5. The van der Waals surface area contributed by atoms with Gasteiger partial charge in [-0.05, 0) is 19.3 Å². The van der Waals surface area contributed by atoms with Crippen LogP contribution < -0.4 is 5.32 Å². The summed E-state index contributed by atoms with van der Waals surface area (Å²) in [7, 11) is 0. The predicted molar refractivity (Wildman–Crippen MR) is 89.7 cm³/mol. The van der Waals surface area contributed by atoms with Crippen molar-refractivity contribution >= 4 is 17.7 Å². The van der Waals surface area contributed by atoms with Crippen LogP contribution in [0.1, 0.15) is 25.8 Å². The Balaban J connectivity index is 1.82. The van der Waals surface area contributed by atoms with Gasteiger partial charge in [-0.3, -0.25) is 9.89 Å². The lowest BCUT2D eigenvalue weighted by Crippen LogP contribution is -2.26. The smallest absolute Gasteiger partial charge is 0.230 e. The Bertz CT molecular complexity index is 607. The molecule has 0 atom stereocenters. The van der Waals surface area contributed by atoms with Crippen LogP contribution in [0.15, 0.2) is 29.4 Å². The second-order valence-corrected chi connectivity index (χ2v) is 6.60. The van der Waals surface area contributed by atoms with Gasteiger partial charge in [-0.1, -0.05) is 55.4 Å². The van der Waals surface area contributed by atoms with E-state index >= 15 is 0 Å². The number of aryl methyl sites for hydroxylation is 1. The highest BCUT2D eigenvalue weighted by Crippen LogP contribution is 2.19. The molecule has 0 aliphatic heterocycles. The average Bonchev–Trinajstić information content (AvgIpc) is 2.94. The third-order valence-electron chi connectivity index (χ3n) is 3.17. The number of hydrogen-bond acceptors (Lipinski definition) is 4. The fourth-order valence-electron chi connectivity index (χ4n) is 1.83. The SMILES string of the molecule is Cc1ccc(-c2nc(SCC(=O)NCCC(C)C)n[nH]2)cc1. The first-order valence-electron chi connectivity index (χ1n) is 7.43. The molecule has 0 saturated carbocycles. The van der Waals surface area contributed by atoms with Crippen LogP contribution in [0.4, 0.5) is 0 Å². The number of carbonyl (C=O) groups is 1. The normalized spacial score (nSPS) is 10.9. The van der Waals surface area contributed by atoms with E-state index in [1.54, 1.807) is 0 Å². The van der Waals surface area contributed by atoms with Gasteiger partial charge in [0.25, 0.3) is 0 Å². The number of carbonyl (C=O) groups excluding carboxylic acids is 1. The van der Waals surface area contributed by atoms with Gasteiger partial charge in [-0.15, -0.1) is 5.10 Å². The summed E-state index contributed by atoms with van der Waals surface area (Å²) < 4.78 is 0. The van der Waals surface area contributed by atoms with Crippen LogP contribution >= 0.6 is 11.8 Å². The van der Waals surface area contributed by atoms with Gasteiger partial charge in [0, 0.05) is 12.1 Å². The molecule has 2 aromatic rings. The third-order valence-corrected chi connectivity index (χ3v) is 4.01. The summed E-state index contributed by atoms with van der Waals surface area (Å²) in [6.45, 7) is 7.05. The van der Waals surface area contributed by atoms with Crippen LogP contribution in [0.2, 0.25) is 0 Å². The fourth-order valence-corrected chi connectivity index (χ4v) is 2.46. The van der Waals surface area contributed by atoms with Gasteiger partial charge in [-0.25, -0.2) is 4.98 Å². The number of nitrogens with zero attached hydrogens (tertiary/aromatic N) is 2. The van der Waals surface area contributed by atoms with Crippen LogP contribution in [0.3, 0.4) is 0 Å². The van der Waals surface area contributed by atoms with E-state index in [0.717, 1.165) is 24.4 Å². The van der Waals surface area contributed by atoms with Crippen molar-refractivity contribution in [3.8, 4) is 11.4 Å². The van der Waals surface area contributed by atoms with Crippen molar-refractivity contribution in [2.45, 2.75) is 32.3 Å². The summed E-state index contributed by atoms with van der Waals surface area (Å²) in [6.07, 6.45) is 0.995. The Labute approximate surface area is 135 Å². The highest BCUT2D eigenvalue weighted by atomic mass is 32.2. The highest BCUT2D eigenvalue weighted by Gasteiger charge is 2.09. The number of thioether (sulfide) groups is 1. The first-order chi connectivity index (χ1) is 10.5. The molecule has 0 spiro atoms. The molecular weight excluding hydrogens is 296 g/mol. The number of hydrogen-bond donors (Lipinski definition) is 2. The minimum absolute atomic E-state index is 0.0207. The van der Waals surface area contributed by atoms with Crippen LogP contribution in [-0.2, 0) is 4.79 Å². The minimum atomic E-state index is 0.0207. The standard InChI is InChI=1S/C16H22N4OS/c1-11(2)8-9-17-14(21)10-22-16-18-15(19-20-16)13-6-4-12(3)5-7-13/h4-7,11H,8-10H2,1-3H3,(H,17,21)(H,18,19,20). The van der Waals surface area contributed by atoms with E-state index in [-0.39, 0.29) is 5.91 Å². The molecule has 22 heavy (non-hydrogen) atoms. The zero-order chi connectivity index (χ0) is 15.9. The molecule has 0 fully saturated rings. The molecule has 0 aliphatic carbocycles. The van der Waals surface area contributed by atoms with E-state index in [4.69, 9.17) is 0 Å². The molecule has 6 heteroatoms. The van der Waals surface area contributed by atoms with Crippen LogP contribution in [-0.4, -0.2) is 33.4 Å². The van der Waals surface area contributed by atoms with E-state index in [2.05, 4.69) is 34.3 Å². The van der Waals surface area contributed by atoms with Gasteiger partial charge in [0.2, 0.25) is 11.1 Å². The largest absolute Gasteiger partial charge is 0.355 e. The topological polar surface area (TPSA) is 70.7 Å². The third kappa shape index (κ3) is 5.18. The predicted octanol–water partition coefficient (Wildman–Crippen LogP) is 3.03. The van der Waals surface area contributed by atoms with E-state index < -0.39 is 0 Å². The summed E-state index contributed by atoms with van der Waals surface area (Å²) in [4.78, 5) is 16.1. The lowest BCUT2D eigenvalue weighted by atomic mass is 10.1. The van der Waals surface area contributed by atoms with E-state index in [0.29, 0.717) is 16.8 Å². The van der Waals surface area contributed by atoms with Crippen molar-refractivity contribution in [2.24, 2.45) is 5.92 Å². The van der Waals surface area contributed by atoms with Gasteiger partial charge in [0.15, 0.2) is 5.82 Å². The average molecular weight is 318 g/mol. The number of rotatable bonds is 7. The van der Waals surface area contributed by atoms with Crippen molar-refractivity contribution in [2.75, 3.05) is 12.3 Å². The molecule has 0 bridgehead atoms. The molecule has 5 nitrogen and oxygen atoms in total. The molecule has 1 aromatic carbocycles. The molecule has 2 N–H and O–H groups in total. The lowest BCUT2D eigenvalue weighted by molar-refractivity contribution is -0.118. The number of amides is 1. The first-order valence-corrected chi connectivity index (χ1v) is 8.42. The Kier molecular flexibility index (Phi) is 6.00. The number of nitrogens with one attached hydrogen (secondary N) is 2. The number of aromatic nitrogens is 3. The van der Waals surface area contributed by atoms with E-state index in [1.165, 1.54) is 17.3 Å². The number of H-pyrrole nitrogens is 1. The first kappa shape index (κ1) is 16.5. The highest BCUT2D eigenvalue weighted by molar-refractivity contribution is 7.99. The molecule has 1 amide bonds. The van der Waals surface area contributed by atoms with Gasteiger partial charge < -0.3 is 5.32 Å². The molecular formula is C16H22N4OS. The number of benzene rings is 1. The zero-order valence-corrected chi connectivity index (χ0v) is 14.0. The fraction of sp³-hybridized carbons (Fsp3) is 0.438. The molecule has 1 heterocycles. The molecule has 0 aliphatic rings. The maximum Gasteiger partial charge on any atom is 0.230 e. The summed E-state index contributed by atoms with van der Waals surface area (Å²) in [5.41, 5.74) is 2.20. The Morgan fingerprint density at radius 3 is 2.73 bits per heavy atom. The van der Waals surface area contributed by atoms with Crippen molar-refractivity contribution in [3.05, 3.63) is 29.8 Å². The summed E-state index contributed by atoms with van der Waals surface area (Å²) >= 11 is 1.34. The van der Waals surface area contributed by atoms with Crippen molar-refractivity contribution in [3.63, 3.8) is 0 Å². The maximum atomic E-state index is 11.7. The van der Waals surface area contributed by atoms with Gasteiger partial charge in [0.1, 0.15) is 0 Å². The Morgan fingerprint density at radius 2 is 2.05 bits per heavy atom. The minimum Gasteiger partial charge on any atom is -0.355 e. The van der Waals surface area contributed by atoms with Crippen LogP contribution in [0.25, 0.3) is 11.4 Å². The summed E-state index contributed by atoms with van der Waals surface area (Å²) in [6, 6.07) is 8.07. The Morgan fingerprint density at radius 1 is 1.32 bits per heavy atom. The van der Waals surface area contributed by atoms with Crippen LogP contribution in [0.5, 0.6) is 0 Å². The Hall–Kier alpha value is -1.82. The lowest BCUT2D eigenvalue weighted by Gasteiger charge is -2.05. The van der Waals surface area contributed by atoms with Gasteiger partial charge in [0.05, 0.1) is 5.75 Å². The zero-order valence-electron chi connectivity index (χ0n) is 13.2. The second kappa shape index (κ2) is 7.98. The molecule has 2 rings (SSSR count). The monoisotopic (exact) mass is 318 g/mol. The summed E-state index contributed by atoms with van der Waals surface area (Å²) in [5.74, 6) is 1.68. The number of aromatic amines is 1. The molecule has 118 valence electrons. The second-order valence-electron chi connectivity index (χ2n) is 5.65. The van der Waals surface area contributed by atoms with Crippen molar-refractivity contribution in [1.29, 1.82) is 0 Å². The van der Waals surface area contributed by atoms with Crippen LogP contribution in [0, 0.1) is 12.8 Å². The molecule has 0 unspecified atom stereocenters.